The molecule has 1 aliphatic heterocycles. The lowest BCUT2D eigenvalue weighted by molar-refractivity contribution is 0.226. The molecule has 2 heterocycles. The lowest BCUT2D eigenvalue weighted by Gasteiger charge is -2.35. The fourth-order valence-corrected chi connectivity index (χ4v) is 3.83. The number of nitriles is 1. The monoisotopic (exact) mass is 463 g/mol. The first-order valence-electron chi connectivity index (χ1n) is 10.7. The second-order valence-corrected chi connectivity index (χ2v) is 8.08. The number of aromatic nitrogens is 2. The SMILES string of the molecule is CC1CCC(Nc2ncnc(N)c2C(=N)c2ccc(Oc3ccc(F)cc3F)cc2)CN1C#N. The molecule has 174 valence electrons. The maximum atomic E-state index is 13.9. The van der Waals surface area contributed by atoms with Gasteiger partial charge < -0.3 is 20.7 Å². The van der Waals surface area contributed by atoms with E-state index in [-0.39, 0.29) is 29.4 Å². The lowest BCUT2D eigenvalue weighted by Crippen LogP contribution is -2.44. The number of nitrogens with two attached hydrogens (primary N) is 1. The molecule has 10 heteroatoms. The summed E-state index contributed by atoms with van der Waals surface area (Å²) < 4.78 is 32.4. The quantitative estimate of drug-likeness (QED) is 0.368. The molecule has 1 saturated heterocycles. The van der Waals surface area contributed by atoms with E-state index in [1.165, 1.54) is 12.4 Å². The molecule has 34 heavy (non-hydrogen) atoms. The summed E-state index contributed by atoms with van der Waals surface area (Å²) in [5.41, 5.74) is 7.08. The average Bonchev–Trinajstić information content (AvgIpc) is 2.82. The standard InChI is InChI=1S/C24H23F2N7O/c1-14-2-6-17(11-33(14)12-27)32-24-21(23(29)30-13-31-24)22(28)15-3-7-18(8-4-15)34-20-9-5-16(25)10-19(20)26/h3-5,7-10,13-14,17,28H,2,6,11H2,1H3,(H3,29,30,31,32). The van der Waals surface area contributed by atoms with E-state index in [1.807, 2.05) is 6.92 Å². The van der Waals surface area contributed by atoms with Crippen molar-refractivity contribution in [2.45, 2.75) is 31.8 Å². The Morgan fingerprint density at radius 3 is 2.68 bits per heavy atom. The zero-order valence-electron chi connectivity index (χ0n) is 18.4. The summed E-state index contributed by atoms with van der Waals surface area (Å²) in [7, 11) is 0. The van der Waals surface area contributed by atoms with Gasteiger partial charge in [-0.05, 0) is 56.2 Å². The molecule has 0 radical (unpaired) electrons. The molecule has 4 rings (SSSR count). The summed E-state index contributed by atoms with van der Waals surface area (Å²) in [6, 6.07) is 9.63. The zero-order chi connectivity index (χ0) is 24.2. The van der Waals surface area contributed by atoms with Crippen LogP contribution in [0.25, 0.3) is 0 Å². The number of likely N-dealkylation sites (tertiary alicyclic amines) is 1. The van der Waals surface area contributed by atoms with Crippen LogP contribution in [0.1, 0.15) is 30.9 Å². The fraction of sp³-hybridized carbons (Fsp3) is 0.250. The first-order valence-corrected chi connectivity index (χ1v) is 10.7. The van der Waals surface area contributed by atoms with E-state index in [0.29, 0.717) is 29.2 Å². The Balaban J connectivity index is 1.53. The number of nitrogens with zero attached hydrogens (tertiary/aromatic N) is 4. The minimum Gasteiger partial charge on any atom is -0.454 e. The van der Waals surface area contributed by atoms with Gasteiger partial charge in [-0.15, -0.1) is 0 Å². The molecule has 0 aliphatic carbocycles. The third kappa shape index (κ3) is 4.88. The van der Waals surface area contributed by atoms with Crippen LogP contribution in [0.5, 0.6) is 11.5 Å². The van der Waals surface area contributed by atoms with Crippen LogP contribution in [0.15, 0.2) is 48.8 Å². The maximum absolute atomic E-state index is 13.9. The molecule has 2 atom stereocenters. The van der Waals surface area contributed by atoms with Gasteiger partial charge in [0.25, 0.3) is 0 Å². The van der Waals surface area contributed by atoms with Crippen molar-refractivity contribution in [2.24, 2.45) is 0 Å². The molecule has 4 N–H and O–H groups in total. The Hall–Kier alpha value is -4.26. The highest BCUT2D eigenvalue weighted by atomic mass is 19.1. The molecule has 1 fully saturated rings. The zero-order valence-corrected chi connectivity index (χ0v) is 18.4. The summed E-state index contributed by atoms with van der Waals surface area (Å²) >= 11 is 0. The van der Waals surface area contributed by atoms with Gasteiger partial charge in [0.15, 0.2) is 17.8 Å². The second kappa shape index (κ2) is 9.70. The largest absolute Gasteiger partial charge is 0.454 e. The number of hydrogen-bond acceptors (Lipinski definition) is 8. The number of nitrogen functional groups attached to an aromatic ring is 1. The smallest absolute Gasteiger partial charge is 0.179 e. The third-order valence-electron chi connectivity index (χ3n) is 5.74. The van der Waals surface area contributed by atoms with E-state index in [4.69, 9.17) is 15.9 Å². The van der Waals surface area contributed by atoms with Crippen LogP contribution < -0.4 is 15.8 Å². The summed E-state index contributed by atoms with van der Waals surface area (Å²) in [4.78, 5) is 10.1. The number of nitrogens with one attached hydrogen (secondary N) is 2. The fourth-order valence-electron chi connectivity index (χ4n) is 3.83. The Bertz CT molecular complexity index is 1240. The number of ether oxygens (including phenoxy) is 1. The molecule has 8 nitrogen and oxygen atoms in total. The van der Waals surface area contributed by atoms with Gasteiger partial charge in [0.1, 0.15) is 29.5 Å². The van der Waals surface area contributed by atoms with Gasteiger partial charge >= 0.3 is 0 Å². The van der Waals surface area contributed by atoms with Crippen LogP contribution >= 0.6 is 0 Å². The van der Waals surface area contributed by atoms with E-state index in [1.54, 1.807) is 29.2 Å². The van der Waals surface area contributed by atoms with Gasteiger partial charge in [0, 0.05) is 30.3 Å². The first-order chi connectivity index (χ1) is 16.4. The molecule has 1 aliphatic rings. The number of hydrogen-bond donors (Lipinski definition) is 3. The van der Waals surface area contributed by atoms with Crippen molar-refractivity contribution in [1.82, 2.24) is 14.9 Å². The van der Waals surface area contributed by atoms with E-state index < -0.39 is 11.6 Å². The Labute approximate surface area is 195 Å². The Kier molecular flexibility index (Phi) is 6.54. The highest BCUT2D eigenvalue weighted by Crippen LogP contribution is 2.28. The van der Waals surface area contributed by atoms with Crippen LogP contribution in [0.4, 0.5) is 20.4 Å². The van der Waals surface area contributed by atoms with Gasteiger partial charge in [0.2, 0.25) is 0 Å². The molecule has 1 aromatic heterocycles. The van der Waals surface area contributed by atoms with Gasteiger partial charge in [-0.1, -0.05) is 0 Å². The normalized spacial score (nSPS) is 17.6. The molecular formula is C24H23F2N7O. The summed E-state index contributed by atoms with van der Waals surface area (Å²) in [6.45, 7) is 2.54. The van der Waals surface area contributed by atoms with Crippen LogP contribution in [0.3, 0.4) is 0 Å². The predicted octanol–water partition coefficient (Wildman–Crippen LogP) is 4.29. The average molecular weight is 463 g/mol. The number of piperidine rings is 1. The highest BCUT2D eigenvalue weighted by molar-refractivity contribution is 6.16. The van der Waals surface area contributed by atoms with Crippen molar-refractivity contribution in [2.75, 3.05) is 17.6 Å². The van der Waals surface area contributed by atoms with Crippen molar-refractivity contribution >= 4 is 17.3 Å². The number of benzene rings is 2. The molecule has 0 saturated carbocycles. The highest BCUT2D eigenvalue weighted by Gasteiger charge is 2.26. The van der Waals surface area contributed by atoms with E-state index in [0.717, 1.165) is 25.0 Å². The van der Waals surface area contributed by atoms with E-state index in [9.17, 15) is 14.0 Å². The van der Waals surface area contributed by atoms with Crippen LogP contribution in [0.2, 0.25) is 0 Å². The Morgan fingerprint density at radius 1 is 1.21 bits per heavy atom. The van der Waals surface area contributed by atoms with Crippen LogP contribution in [-0.4, -0.2) is 39.2 Å². The second-order valence-electron chi connectivity index (χ2n) is 8.08. The van der Waals surface area contributed by atoms with Crippen molar-refractivity contribution in [1.29, 1.82) is 10.7 Å². The summed E-state index contributed by atoms with van der Waals surface area (Å²) in [5.74, 6) is -0.714. The van der Waals surface area contributed by atoms with Crippen molar-refractivity contribution in [3.63, 3.8) is 0 Å². The molecule has 3 aromatic rings. The van der Waals surface area contributed by atoms with E-state index >= 15 is 0 Å². The molecule has 0 bridgehead atoms. The van der Waals surface area contributed by atoms with Crippen molar-refractivity contribution in [3.05, 3.63) is 71.6 Å². The van der Waals surface area contributed by atoms with Crippen LogP contribution in [0, 0.1) is 28.5 Å². The number of rotatable bonds is 6. The molecule has 0 spiro atoms. The summed E-state index contributed by atoms with van der Waals surface area (Å²) in [6.07, 6.45) is 5.25. The molecular weight excluding hydrogens is 440 g/mol. The van der Waals surface area contributed by atoms with Crippen molar-refractivity contribution in [3.8, 4) is 17.7 Å². The predicted molar refractivity (Wildman–Crippen MR) is 124 cm³/mol. The van der Waals surface area contributed by atoms with Gasteiger partial charge in [-0.25, -0.2) is 18.7 Å². The number of halogens is 2. The minimum absolute atomic E-state index is 0.0296. The van der Waals surface area contributed by atoms with Gasteiger partial charge in [-0.3, -0.25) is 5.41 Å². The molecule has 2 unspecified atom stereocenters. The number of anilines is 2. The lowest BCUT2D eigenvalue weighted by atomic mass is 9.99. The van der Waals surface area contributed by atoms with Crippen molar-refractivity contribution < 1.29 is 13.5 Å². The summed E-state index contributed by atoms with van der Waals surface area (Å²) in [5, 5.41) is 21.4. The minimum atomic E-state index is -0.811. The molecule has 0 amide bonds. The van der Waals surface area contributed by atoms with Crippen LogP contribution in [-0.2, 0) is 0 Å². The third-order valence-corrected chi connectivity index (χ3v) is 5.74. The molecule has 2 aromatic carbocycles. The Morgan fingerprint density at radius 2 is 1.97 bits per heavy atom. The van der Waals surface area contributed by atoms with Gasteiger partial charge in [-0.2, -0.15) is 5.26 Å². The van der Waals surface area contributed by atoms with E-state index in [2.05, 4.69) is 21.5 Å². The maximum Gasteiger partial charge on any atom is 0.179 e. The van der Waals surface area contributed by atoms with Gasteiger partial charge in [0.05, 0.1) is 11.3 Å². The first kappa shape index (κ1) is 22.9. The topological polar surface area (TPSA) is 124 Å².